The van der Waals surface area contributed by atoms with Crippen molar-refractivity contribution in [2.45, 2.75) is 270 Å². The van der Waals surface area contributed by atoms with Gasteiger partial charge in [-0.15, -0.1) is 0 Å². The molecule has 0 aromatic heterocycles. The molecule has 66 heavy (non-hydrogen) atoms. The maximum Gasteiger partial charge on any atom is 0.472 e. The Morgan fingerprint density at radius 1 is 0.515 bits per heavy atom. The fraction of sp³-hybridized carbons (Fsp3) is 0.842. The lowest BCUT2D eigenvalue weighted by Crippen LogP contribution is -2.45. The molecule has 8 nitrogen and oxygen atoms in total. The predicted octanol–water partition coefficient (Wildman–Crippen LogP) is 16.8. The van der Waals surface area contributed by atoms with Crippen molar-refractivity contribution in [1.29, 1.82) is 0 Å². The Morgan fingerprint density at radius 2 is 0.864 bits per heavy atom. The van der Waals surface area contributed by atoms with Gasteiger partial charge in [0.05, 0.1) is 39.9 Å². The van der Waals surface area contributed by atoms with Gasteiger partial charge in [-0.3, -0.25) is 13.8 Å². The van der Waals surface area contributed by atoms with Crippen molar-refractivity contribution in [3.63, 3.8) is 0 Å². The Kier molecular flexibility index (Phi) is 47.4. The molecule has 0 aliphatic rings. The Morgan fingerprint density at radius 3 is 1.26 bits per heavy atom. The number of aliphatic hydroxyl groups excluding tert-OH is 1. The zero-order valence-corrected chi connectivity index (χ0v) is 45.1. The van der Waals surface area contributed by atoms with Crippen LogP contribution in [-0.4, -0.2) is 73.4 Å². The van der Waals surface area contributed by atoms with Crippen LogP contribution in [0.3, 0.4) is 0 Å². The first-order chi connectivity index (χ1) is 32.0. The molecule has 9 heteroatoms. The van der Waals surface area contributed by atoms with Gasteiger partial charge in [-0.2, -0.15) is 0 Å². The molecular formula is C57H110N2O6P+. The van der Waals surface area contributed by atoms with E-state index in [0.29, 0.717) is 17.4 Å². The van der Waals surface area contributed by atoms with Gasteiger partial charge in [0.15, 0.2) is 0 Å². The van der Waals surface area contributed by atoms with E-state index in [2.05, 4.69) is 55.6 Å². The highest BCUT2D eigenvalue weighted by molar-refractivity contribution is 7.47. The van der Waals surface area contributed by atoms with Crippen LogP contribution < -0.4 is 5.32 Å². The first kappa shape index (κ1) is 64.5. The van der Waals surface area contributed by atoms with Crippen molar-refractivity contribution < 1.29 is 32.9 Å². The molecule has 0 bridgehead atoms. The second-order valence-electron chi connectivity index (χ2n) is 20.3. The molecule has 0 saturated carbocycles. The summed E-state index contributed by atoms with van der Waals surface area (Å²) in [7, 11) is 1.58. The molecule has 0 rings (SSSR count). The molecule has 1 amide bonds. The maximum atomic E-state index is 12.9. The lowest BCUT2D eigenvalue weighted by molar-refractivity contribution is -0.870. The number of quaternary nitrogens is 1. The van der Waals surface area contributed by atoms with Gasteiger partial charge in [-0.25, -0.2) is 4.57 Å². The number of rotatable bonds is 51. The summed E-state index contributed by atoms with van der Waals surface area (Å²) in [5.41, 5.74) is 0. The molecular weight excluding hydrogens is 840 g/mol. The molecule has 0 aliphatic heterocycles. The number of phosphoric acid groups is 1. The summed E-state index contributed by atoms with van der Waals surface area (Å²) < 4.78 is 23.6. The summed E-state index contributed by atoms with van der Waals surface area (Å²) in [6.45, 7) is 4.78. The molecule has 0 radical (unpaired) electrons. The second kappa shape index (κ2) is 48.5. The normalized spacial score (nSPS) is 14.3. The van der Waals surface area contributed by atoms with E-state index in [1.54, 1.807) is 6.08 Å². The molecule has 0 fully saturated rings. The van der Waals surface area contributed by atoms with E-state index >= 15 is 0 Å². The number of hydrogen-bond acceptors (Lipinski definition) is 5. The molecule has 0 aromatic rings. The van der Waals surface area contributed by atoms with Gasteiger partial charge in [-0.1, -0.05) is 242 Å². The van der Waals surface area contributed by atoms with Crippen molar-refractivity contribution in [1.82, 2.24) is 5.32 Å². The molecule has 0 heterocycles. The Hall–Kier alpha value is -1.54. The van der Waals surface area contributed by atoms with Gasteiger partial charge in [0.2, 0.25) is 5.91 Å². The van der Waals surface area contributed by atoms with E-state index in [1.807, 2.05) is 27.2 Å². The van der Waals surface area contributed by atoms with Gasteiger partial charge in [-0.05, 0) is 57.8 Å². The summed E-state index contributed by atoms with van der Waals surface area (Å²) in [6, 6.07) is -0.843. The first-order valence-electron chi connectivity index (χ1n) is 28.0. The van der Waals surface area contributed by atoms with Crippen LogP contribution in [0.15, 0.2) is 48.6 Å². The third-order valence-corrected chi connectivity index (χ3v) is 13.5. The number of unbranched alkanes of at least 4 members (excludes halogenated alkanes) is 32. The Labute approximate surface area is 409 Å². The van der Waals surface area contributed by atoms with Gasteiger partial charge in [0, 0.05) is 6.42 Å². The van der Waals surface area contributed by atoms with Crippen molar-refractivity contribution in [2.75, 3.05) is 40.9 Å². The number of aliphatic hydroxyl groups is 1. The van der Waals surface area contributed by atoms with Crippen molar-refractivity contribution in [2.24, 2.45) is 0 Å². The standard InChI is InChI=1S/C57H109N2O6P/c1-6-8-10-12-14-16-17-18-19-20-21-22-23-24-25-26-27-28-29-30-31-32-33-34-35-36-37-38-39-40-41-43-45-47-49-51-57(61)58-55(54-65-66(62,63)64-53-52-59(3,4)5)56(60)50-48-46-44-42-15-13-11-9-7-2/h17-18,20-21,23-24,48,50,55-56,60H,6-16,19,22,25-47,49,51-54H2,1-5H3,(H-,58,61,62,63)/p+1/b18-17-,21-20-,24-23-,50-48+. The first-order valence-corrected chi connectivity index (χ1v) is 29.5. The summed E-state index contributed by atoms with van der Waals surface area (Å²) in [6.07, 6.45) is 63.8. The number of hydrogen-bond donors (Lipinski definition) is 3. The van der Waals surface area contributed by atoms with Gasteiger partial charge >= 0.3 is 7.82 Å². The van der Waals surface area contributed by atoms with E-state index in [-0.39, 0.29) is 19.1 Å². The summed E-state index contributed by atoms with van der Waals surface area (Å²) in [4.78, 5) is 23.1. The fourth-order valence-corrected chi connectivity index (χ4v) is 8.84. The van der Waals surface area contributed by atoms with Crippen LogP contribution in [0.4, 0.5) is 0 Å². The number of likely N-dealkylation sites (N-methyl/N-ethyl adjacent to an activating group) is 1. The second-order valence-corrected chi connectivity index (χ2v) is 21.8. The topological polar surface area (TPSA) is 105 Å². The molecule has 388 valence electrons. The minimum Gasteiger partial charge on any atom is -0.387 e. The van der Waals surface area contributed by atoms with Gasteiger partial charge in [0.25, 0.3) is 0 Å². The molecule has 0 saturated heterocycles. The number of allylic oxidation sites excluding steroid dienone is 7. The number of amides is 1. The average Bonchev–Trinajstić information content (AvgIpc) is 3.28. The number of carbonyl (C=O) groups is 1. The number of nitrogens with one attached hydrogen (secondary N) is 1. The van der Waals surface area contributed by atoms with E-state index in [0.717, 1.165) is 51.4 Å². The molecule has 0 aliphatic carbocycles. The van der Waals surface area contributed by atoms with Crippen LogP contribution in [-0.2, 0) is 18.4 Å². The highest BCUT2D eigenvalue weighted by Crippen LogP contribution is 2.43. The minimum absolute atomic E-state index is 0.0619. The lowest BCUT2D eigenvalue weighted by Gasteiger charge is -2.25. The molecule has 0 spiro atoms. The highest BCUT2D eigenvalue weighted by Gasteiger charge is 2.27. The third kappa shape index (κ3) is 50.3. The highest BCUT2D eigenvalue weighted by atomic mass is 31.2. The van der Waals surface area contributed by atoms with Crippen molar-refractivity contribution >= 4 is 13.7 Å². The van der Waals surface area contributed by atoms with Gasteiger partial charge in [0.1, 0.15) is 13.2 Å². The maximum absolute atomic E-state index is 12.9. The fourth-order valence-electron chi connectivity index (χ4n) is 8.11. The summed E-state index contributed by atoms with van der Waals surface area (Å²) in [5.74, 6) is -0.177. The average molecular weight is 950 g/mol. The zero-order chi connectivity index (χ0) is 48.5. The number of phosphoric ester groups is 1. The van der Waals surface area contributed by atoms with Crippen LogP contribution in [0.5, 0.6) is 0 Å². The SMILES string of the molecule is CCCCCCC/C=C\C/C=C\C/C=C\CCCCCCCCCCCCCCCCCCCCCCC(=O)NC(COP(=O)(O)OCC[N+](C)(C)C)C(O)/C=C/CCCCCCCCC. The van der Waals surface area contributed by atoms with Crippen LogP contribution in [0.2, 0.25) is 0 Å². The quantitative estimate of drug-likeness (QED) is 0.0243. The molecule has 0 aromatic carbocycles. The molecule has 3 unspecified atom stereocenters. The minimum atomic E-state index is -4.33. The number of nitrogens with zero attached hydrogens (tertiary/aromatic N) is 1. The summed E-state index contributed by atoms with van der Waals surface area (Å²) >= 11 is 0. The van der Waals surface area contributed by atoms with Crippen LogP contribution in [0.25, 0.3) is 0 Å². The predicted molar refractivity (Wildman–Crippen MR) is 286 cm³/mol. The molecule has 3 atom stereocenters. The Balaban J connectivity index is 3.89. The van der Waals surface area contributed by atoms with E-state index in [4.69, 9.17) is 9.05 Å². The smallest absolute Gasteiger partial charge is 0.387 e. The Bertz CT molecular complexity index is 1210. The van der Waals surface area contributed by atoms with Crippen LogP contribution in [0.1, 0.15) is 258 Å². The van der Waals surface area contributed by atoms with E-state index < -0.39 is 20.0 Å². The van der Waals surface area contributed by atoms with E-state index in [1.165, 1.54) is 186 Å². The van der Waals surface area contributed by atoms with Crippen molar-refractivity contribution in [3.8, 4) is 0 Å². The molecule has 3 N–H and O–H groups in total. The monoisotopic (exact) mass is 950 g/mol. The number of carbonyl (C=O) groups excluding carboxylic acids is 1. The van der Waals surface area contributed by atoms with Crippen LogP contribution >= 0.6 is 7.82 Å². The summed E-state index contributed by atoms with van der Waals surface area (Å²) in [5, 5.41) is 13.8. The lowest BCUT2D eigenvalue weighted by atomic mass is 10.0. The van der Waals surface area contributed by atoms with Gasteiger partial charge < -0.3 is 19.8 Å². The van der Waals surface area contributed by atoms with Crippen LogP contribution in [0, 0.1) is 0 Å². The van der Waals surface area contributed by atoms with Crippen molar-refractivity contribution in [3.05, 3.63) is 48.6 Å². The van der Waals surface area contributed by atoms with E-state index in [9.17, 15) is 19.4 Å². The largest absolute Gasteiger partial charge is 0.472 e. The zero-order valence-electron chi connectivity index (χ0n) is 44.2. The third-order valence-electron chi connectivity index (χ3n) is 12.5.